The number of hydrogen-bond donors (Lipinski definition) is 1. The Morgan fingerprint density at radius 1 is 1.24 bits per heavy atom. The summed E-state index contributed by atoms with van der Waals surface area (Å²) in [6, 6.07) is 1.66. The van der Waals surface area contributed by atoms with Gasteiger partial charge in [-0.3, -0.25) is 4.90 Å². The predicted molar refractivity (Wildman–Crippen MR) is 75.6 cm³/mol. The first-order valence-electron chi connectivity index (χ1n) is 7.40. The third-order valence-electron chi connectivity index (χ3n) is 4.50. The molecule has 17 heavy (non-hydrogen) atoms. The van der Waals surface area contributed by atoms with Crippen LogP contribution in [0.5, 0.6) is 0 Å². The highest BCUT2D eigenvalue weighted by Crippen LogP contribution is 2.34. The van der Waals surface area contributed by atoms with E-state index in [1.54, 1.807) is 0 Å². The van der Waals surface area contributed by atoms with Crippen molar-refractivity contribution in [3.8, 4) is 0 Å². The van der Waals surface area contributed by atoms with Crippen LogP contribution in [0, 0.1) is 5.92 Å². The summed E-state index contributed by atoms with van der Waals surface area (Å²) in [7, 11) is 0. The van der Waals surface area contributed by atoms with Gasteiger partial charge in [0.05, 0.1) is 0 Å². The monoisotopic (exact) mass is 254 g/mol. The Morgan fingerprint density at radius 3 is 2.71 bits per heavy atom. The van der Waals surface area contributed by atoms with Gasteiger partial charge < -0.3 is 5.32 Å². The van der Waals surface area contributed by atoms with Gasteiger partial charge in [0.15, 0.2) is 0 Å². The third kappa shape index (κ3) is 3.39. The average Bonchev–Trinajstić information content (AvgIpc) is 2.79. The van der Waals surface area contributed by atoms with Gasteiger partial charge in [0, 0.05) is 36.2 Å². The van der Waals surface area contributed by atoms with Crippen molar-refractivity contribution >= 4 is 11.8 Å². The summed E-state index contributed by atoms with van der Waals surface area (Å²) >= 11 is 2.18. The average molecular weight is 254 g/mol. The smallest absolute Gasteiger partial charge is 0.0197 e. The van der Waals surface area contributed by atoms with E-state index in [0.717, 1.165) is 23.3 Å². The minimum absolute atomic E-state index is 0.787. The van der Waals surface area contributed by atoms with Gasteiger partial charge in [-0.15, -0.1) is 0 Å². The molecule has 3 unspecified atom stereocenters. The Labute approximate surface area is 110 Å². The maximum Gasteiger partial charge on any atom is 0.0197 e. The minimum atomic E-state index is 0.787. The SMILES string of the molecule is CC1CC(N(CC2CC2)CC2CCCN2)CS1. The lowest BCUT2D eigenvalue weighted by Crippen LogP contribution is -2.44. The van der Waals surface area contributed by atoms with Crippen molar-refractivity contribution in [3.63, 3.8) is 0 Å². The molecule has 0 spiro atoms. The predicted octanol–water partition coefficient (Wildman–Crippen LogP) is 2.34. The molecule has 0 aromatic rings. The molecule has 0 bridgehead atoms. The molecule has 2 aliphatic heterocycles. The molecule has 1 N–H and O–H groups in total. The van der Waals surface area contributed by atoms with Crippen molar-refractivity contribution in [2.24, 2.45) is 5.92 Å². The Kier molecular flexibility index (Phi) is 3.98. The molecule has 2 nitrogen and oxygen atoms in total. The van der Waals surface area contributed by atoms with Gasteiger partial charge in [0.2, 0.25) is 0 Å². The molecule has 3 heteroatoms. The van der Waals surface area contributed by atoms with E-state index in [2.05, 4.69) is 28.9 Å². The van der Waals surface area contributed by atoms with Crippen LogP contribution < -0.4 is 5.32 Å². The third-order valence-corrected chi connectivity index (χ3v) is 5.84. The first-order chi connectivity index (χ1) is 8.31. The van der Waals surface area contributed by atoms with Crippen LogP contribution in [-0.4, -0.2) is 47.6 Å². The summed E-state index contributed by atoms with van der Waals surface area (Å²) in [6.07, 6.45) is 7.19. The molecule has 0 aromatic carbocycles. The normalized spacial score (nSPS) is 38.1. The van der Waals surface area contributed by atoms with Crippen LogP contribution in [0.2, 0.25) is 0 Å². The summed E-state index contributed by atoms with van der Waals surface area (Å²) in [5, 5.41) is 4.55. The quantitative estimate of drug-likeness (QED) is 0.811. The fourth-order valence-electron chi connectivity index (χ4n) is 3.25. The maximum atomic E-state index is 3.67. The van der Waals surface area contributed by atoms with Crippen LogP contribution in [0.15, 0.2) is 0 Å². The zero-order valence-electron chi connectivity index (χ0n) is 11.0. The summed E-state index contributed by atoms with van der Waals surface area (Å²) in [4.78, 5) is 2.83. The lowest BCUT2D eigenvalue weighted by molar-refractivity contribution is 0.183. The second-order valence-electron chi connectivity index (χ2n) is 6.22. The van der Waals surface area contributed by atoms with Gasteiger partial charge in [-0.25, -0.2) is 0 Å². The molecule has 98 valence electrons. The zero-order valence-corrected chi connectivity index (χ0v) is 11.8. The Hall–Kier alpha value is 0.270. The molecule has 1 saturated carbocycles. The van der Waals surface area contributed by atoms with Crippen LogP contribution in [0.25, 0.3) is 0 Å². The molecule has 0 aromatic heterocycles. The fourth-order valence-corrected chi connectivity index (χ4v) is 4.51. The van der Waals surface area contributed by atoms with E-state index in [0.29, 0.717) is 0 Å². The summed E-state index contributed by atoms with van der Waals surface area (Å²) in [5.74, 6) is 2.41. The van der Waals surface area contributed by atoms with Gasteiger partial charge in [-0.1, -0.05) is 6.92 Å². The number of nitrogens with one attached hydrogen (secondary N) is 1. The van der Waals surface area contributed by atoms with E-state index in [1.165, 1.54) is 57.5 Å². The van der Waals surface area contributed by atoms with E-state index >= 15 is 0 Å². The standard InChI is InChI=1S/C14H26N2S/c1-11-7-14(10-17-11)16(8-12-4-5-12)9-13-3-2-6-15-13/h11-15H,2-10H2,1H3. The first kappa shape index (κ1) is 12.3. The zero-order chi connectivity index (χ0) is 11.7. The van der Waals surface area contributed by atoms with Crippen LogP contribution >= 0.6 is 11.8 Å². The van der Waals surface area contributed by atoms with Crippen molar-refractivity contribution in [1.82, 2.24) is 10.2 Å². The van der Waals surface area contributed by atoms with Gasteiger partial charge >= 0.3 is 0 Å². The van der Waals surface area contributed by atoms with Crippen molar-refractivity contribution in [2.75, 3.05) is 25.4 Å². The topological polar surface area (TPSA) is 15.3 Å². The molecule has 2 heterocycles. The van der Waals surface area contributed by atoms with Crippen molar-refractivity contribution < 1.29 is 0 Å². The van der Waals surface area contributed by atoms with Gasteiger partial charge in [0.25, 0.3) is 0 Å². The second kappa shape index (κ2) is 5.50. The van der Waals surface area contributed by atoms with Crippen molar-refractivity contribution in [3.05, 3.63) is 0 Å². The highest BCUT2D eigenvalue weighted by atomic mass is 32.2. The molecule has 0 radical (unpaired) electrons. The number of hydrogen-bond acceptors (Lipinski definition) is 3. The Bertz CT molecular complexity index is 249. The van der Waals surface area contributed by atoms with E-state index < -0.39 is 0 Å². The molecule has 3 rings (SSSR count). The highest BCUT2D eigenvalue weighted by Gasteiger charge is 2.33. The molecule has 3 aliphatic rings. The second-order valence-corrected chi connectivity index (χ2v) is 7.70. The van der Waals surface area contributed by atoms with Gasteiger partial charge in [0.1, 0.15) is 0 Å². The Morgan fingerprint density at radius 2 is 2.12 bits per heavy atom. The fraction of sp³-hybridized carbons (Fsp3) is 1.00. The van der Waals surface area contributed by atoms with Crippen LogP contribution in [0.1, 0.15) is 39.0 Å². The van der Waals surface area contributed by atoms with E-state index in [9.17, 15) is 0 Å². The highest BCUT2D eigenvalue weighted by molar-refractivity contribution is 8.00. The largest absolute Gasteiger partial charge is 0.313 e. The molecule has 2 saturated heterocycles. The maximum absolute atomic E-state index is 3.67. The van der Waals surface area contributed by atoms with Crippen LogP contribution in [-0.2, 0) is 0 Å². The molecular weight excluding hydrogens is 228 g/mol. The van der Waals surface area contributed by atoms with E-state index in [1.807, 2.05) is 0 Å². The molecule has 0 amide bonds. The minimum Gasteiger partial charge on any atom is -0.313 e. The van der Waals surface area contributed by atoms with E-state index in [-0.39, 0.29) is 0 Å². The molecule has 1 aliphatic carbocycles. The van der Waals surface area contributed by atoms with Crippen molar-refractivity contribution in [1.29, 1.82) is 0 Å². The van der Waals surface area contributed by atoms with E-state index in [4.69, 9.17) is 0 Å². The van der Waals surface area contributed by atoms with Crippen LogP contribution in [0.4, 0.5) is 0 Å². The van der Waals surface area contributed by atoms with Gasteiger partial charge in [-0.2, -0.15) is 11.8 Å². The van der Waals surface area contributed by atoms with Gasteiger partial charge in [-0.05, 0) is 44.6 Å². The number of thioether (sulfide) groups is 1. The molecular formula is C14H26N2S. The number of nitrogens with zero attached hydrogens (tertiary/aromatic N) is 1. The summed E-state index contributed by atoms with van der Waals surface area (Å²) < 4.78 is 0. The van der Waals surface area contributed by atoms with Crippen molar-refractivity contribution in [2.45, 2.75) is 56.4 Å². The lowest BCUT2D eigenvalue weighted by Gasteiger charge is -2.31. The van der Waals surface area contributed by atoms with Crippen LogP contribution in [0.3, 0.4) is 0 Å². The number of rotatable bonds is 5. The Balaban J connectivity index is 1.55. The summed E-state index contributed by atoms with van der Waals surface area (Å²) in [5.41, 5.74) is 0. The first-order valence-corrected chi connectivity index (χ1v) is 8.45. The molecule has 3 fully saturated rings. The lowest BCUT2D eigenvalue weighted by atomic mass is 10.1. The summed E-state index contributed by atoms with van der Waals surface area (Å²) in [6.45, 7) is 6.34. The molecule has 3 atom stereocenters.